The lowest BCUT2D eigenvalue weighted by molar-refractivity contribution is -0.143. The Hall–Kier alpha value is -1.65. The standard InChI is InChI=1S/C15H20F3N5OS/c1-9-13(10(2)23(21-9)8-15(16,17)18)12-7-24-4-3-22(12)6-11-5-20-14(19)25-11/h5,12H,3-4,6-8H2,1-2H3,(H2,19,20). The van der Waals surface area contributed by atoms with E-state index in [0.717, 1.165) is 15.1 Å². The Morgan fingerprint density at radius 3 is 2.80 bits per heavy atom. The minimum atomic E-state index is -4.30. The lowest BCUT2D eigenvalue weighted by atomic mass is 10.0. The van der Waals surface area contributed by atoms with E-state index in [1.54, 1.807) is 20.0 Å². The highest BCUT2D eigenvalue weighted by Crippen LogP contribution is 2.32. The molecule has 1 aliphatic heterocycles. The summed E-state index contributed by atoms with van der Waals surface area (Å²) in [5.41, 5.74) is 7.62. The number of aromatic nitrogens is 3. The fourth-order valence-electron chi connectivity index (χ4n) is 3.21. The number of ether oxygens (including phenoxy) is 1. The molecule has 1 unspecified atom stereocenters. The van der Waals surface area contributed by atoms with Gasteiger partial charge in [-0.3, -0.25) is 9.58 Å². The monoisotopic (exact) mass is 375 g/mol. The molecule has 138 valence electrons. The third-order valence-corrected chi connectivity index (χ3v) is 5.08. The van der Waals surface area contributed by atoms with Gasteiger partial charge < -0.3 is 10.5 Å². The second-order valence-corrected chi connectivity index (χ2v) is 7.23. The predicted molar refractivity (Wildman–Crippen MR) is 88.3 cm³/mol. The number of halogens is 3. The minimum Gasteiger partial charge on any atom is -0.378 e. The van der Waals surface area contributed by atoms with Crippen molar-refractivity contribution in [2.75, 3.05) is 25.5 Å². The zero-order chi connectivity index (χ0) is 18.2. The van der Waals surface area contributed by atoms with Crippen molar-refractivity contribution in [3.05, 3.63) is 28.0 Å². The molecule has 10 heteroatoms. The minimum absolute atomic E-state index is 0.140. The maximum atomic E-state index is 12.8. The van der Waals surface area contributed by atoms with Crippen molar-refractivity contribution in [1.29, 1.82) is 0 Å². The SMILES string of the molecule is Cc1nn(CC(F)(F)F)c(C)c1C1COCCN1Cc1cnc(N)s1. The van der Waals surface area contributed by atoms with Crippen molar-refractivity contribution < 1.29 is 17.9 Å². The van der Waals surface area contributed by atoms with Crippen LogP contribution in [0.5, 0.6) is 0 Å². The Balaban J connectivity index is 1.87. The molecule has 6 nitrogen and oxygen atoms in total. The Kier molecular flexibility index (Phi) is 5.03. The summed E-state index contributed by atoms with van der Waals surface area (Å²) in [6.45, 7) is 4.66. The van der Waals surface area contributed by atoms with Crippen molar-refractivity contribution in [2.24, 2.45) is 0 Å². The Morgan fingerprint density at radius 1 is 1.40 bits per heavy atom. The van der Waals surface area contributed by atoms with Crippen LogP contribution in [0.2, 0.25) is 0 Å². The first-order valence-corrected chi connectivity index (χ1v) is 8.69. The molecule has 25 heavy (non-hydrogen) atoms. The highest BCUT2D eigenvalue weighted by atomic mass is 32.1. The molecule has 0 bridgehead atoms. The number of nitrogens with zero attached hydrogens (tertiary/aromatic N) is 4. The highest BCUT2D eigenvalue weighted by molar-refractivity contribution is 7.15. The fourth-order valence-corrected chi connectivity index (χ4v) is 3.92. The fraction of sp³-hybridized carbons (Fsp3) is 0.600. The van der Waals surface area contributed by atoms with E-state index in [2.05, 4.69) is 15.0 Å². The van der Waals surface area contributed by atoms with Gasteiger partial charge in [-0.25, -0.2) is 4.98 Å². The molecule has 1 atom stereocenters. The number of anilines is 1. The molecule has 2 N–H and O–H groups in total. The number of aryl methyl sites for hydroxylation is 1. The number of nitrogen functional groups attached to an aromatic ring is 1. The van der Waals surface area contributed by atoms with Crippen molar-refractivity contribution in [3.8, 4) is 0 Å². The second kappa shape index (κ2) is 6.93. The zero-order valence-electron chi connectivity index (χ0n) is 14.0. The van der Waals surface area contributed by atoms with Gasteiger partial charge in [-0.15, -0.1) is 11.3 Å². The number of hydrogen-bond donors (Lipinski definition) is 1. The van der Waals surface area contributed by atoms with Crippen LogP contribution in [0.15, 0.2) is 6.20 Å². The summed E-state index contributed by atoms with van der Waals surface area (Å²) >= 11 is 1.41. The maximum absolute atomic E-state index is 12.8. The lowest BCUT2D eigenvalue weighted by Crippen LogP contribution is -2.39. The van der Waals surface area contributed by atoms with Crippen molar-refractivity contribution >= 4 is 16.5 Å². The van der Waals surface area contributed by atoms with Gasteiger partial charge >= 0.3 is 6.18 Å². The van der Waals surface area contributed by atoms with Gasteiger partial charge in [0.05, 0.1) is 24.9 Å². The summed E-state index contributed by atoms with van der Waals surface area (Å²) in [5, 5.41) is 4.61. The lowest BCUT2D eigenvalue weighted by Gasteiger charge is -2.35. The zero-order valence-corrected chi connectivity index (χ0v) is 14.8. The van der Waals surface area contributed by atoms with Crippen LogP contribution in [0.4, 0.5) is 18.3 Å². The van der Waals surface area contributed by atoms with Gasteiger partial charge in [-0.05, 0) is 13.8 Å². The van der Waals surface area contributed by atoms with Crippen molar-refractivity contribution in [3.63, 3.8) is 0 Å². The van der Waals surface area contributed by atoms with Crippen LogP contribution in [0.3, 0.4) is 0 Å². The van der Waals surface area contributed by atoms with E-state index in [1.165, 1.54) is 11.3 Å². The molecule has 0 aliphatic carbocycles. The molecule has 1 aliphatic rings. The first-order chi connectivity index (χ1) is 11.7. The van der Waals surface area contributed by atoms with Gasteiger partial charge in [0.2, 0.25) is 0 Å². The van der Waals surface area contributed by atoms with E-state index in [0.29, 0.717) is 42.8 Å². The van der Waals surface area contributed by atoms with Crippen LogP contribution in [0.1, 0.15) is 27.9 Å². The Morgan fingerprint density at radius 2 is 2.16 bits per heavy atom. The second-order valence-electron chi connectivity index (χ2n) is 6.08. The van der Waals surface area contributed by atoms with Crippen LogP contribution >= 0.6 is 11.3 Å². The topological polar surface area (TPSA) is 69.2 Å². The van der Waals surface area contributed by atoms with Gasteiger partial charge in [0.25, 0.3) is 0 Å². The molecule has 1 fully saturated rings. The van der Waals surface area contributed by atoms with Gasteiger partial charge in [0.1, 0.15) is 6.54 Å². The summed E-state index contributed by atoms with van der Waals surface area (Å²) in [4.78, 5) is 7.26. The normalized spacial score (nSPS) is 19.5. The van der Waals surface area contributed by atoms with Gasteiger partial charge in [-0.2, -0.15) is 18.3 Å². The summed E-state index contributed by atoms with van der Waals surface area (Å²) in [7, 11) is 0. The average Bonchev–Trinajstić information content (AvgIpc) is 3.03. The van der Waals surface area contributed by atoms with Crippen molar-refractivity contribution in [1.82, 2.24) is 19.7 Å². The van der Waals surface area contributed by atoms with E-state index in [1.807, 2.05) is 0 Å². The molecule has 3 rings (SSSR count). The largest absolute Gasteiger partial charge is 0.408 e. The van der Waals surface area contributed by atoms with Crippen LogP contribution in [0, 0.1) is 13.8 Å². The van der Waals surface area contributed by atoms with E-state index < -0.39 is 12.7 Å². The van der Waals surface area contributed by atoms with Crippen LogP contribution in [-0.2, 0) is 17.8 Å². The molecule has 0 saturated carbocycles. The maximum Gasteiger partial charge on any atom is 0.408 e. The van der Waals surface area contributed by atoms with Gasteiger partial charge in [0.15, 0.2) is 5.13 Å². The highest BCUT2D eigenvalue weighted by Gasteiger charge is 2.33. The van der Waals surface area contributed by atoms with Crippen LogP contribution < -0.4 is 5.73 Å². The summed E-state index contributed by atoms with van der Waals surface area (Å²) < 4.78 is 44.9. The molecule has 0 amide bonds. The molecule has 2 aromatic rings. The number of morpholine rings is 1. The van der Waals surface area contributed by atoms with Crippen LogP contribution in [0.25, 0.3) is 0 Å². The number of nitrogens with two attached hydrogens (primary N) is 1. The molecule has 3 heterocycles. The summed E-state index contributed by atoms with van der Waals surface area (Å²) in [5.74, 6) is 0. The third-order valence-electron chi connectivity index (χ3n) is 4.27. The Labute approximate surface area is 147 Å². The number of thiazole rings is 1. The molecule has 2 aromatic heterocycles. The predicted octanol–water partition coefficient (Wildman–Crippen LogP) is 2.67. The van der Waals surface area contributed by atoms with Crippen molar-refractivity contribution in [2.45, 2.75) is 39.2 Å². The smallest absolute Gasteiger partial charge is 0.378 e. The van der Waals surface area contributed by atoms with E-state index in [4.69, 9.17) is 10.5 Å². The first-order valence-electron chi connectivity index (χ1n) is 7.87. The molecule has 1 saturated heterocycles. The molecule has 0 radical (unpaired) electrons. The van der Waals surface area contributed by atoms with E-state index in [9.17, 15) is 13.2 Å². The first kappa shape index (κ1) is 18.2. The number of alkyl halides is 3. The molecular weight excluding hydrogens is 355 g/mol. The summed E-state index contributed by atoms with van der Waals surface area (Å²) in [6, 6.07) is -0.140. The van der Waals surface area contributed by atoms with E-state index >= 15 is 0 Å². The quantitative estimate of drug-likeness (QED) is 0.890. The third kappa shape index (κ3) is 4.13. The van der Waals surface area contributed by atoms with E-state index in [-0.39, 0.29) is 6.04 Å². The van der Waals surface area contributed by atoms with Gasteiger partial charge in [0, 0.05) is 35.4 Å². The number of hydrogen-bond acceptors (Lipinski definition) is 6. The average molecular weight is 375 g/mol. The summed E-state index contributed by atoms with van der Waals surface area (Å²) in [6.07, 6.45) is -2.57. The van der Waals surface area contributed by atoms with Gasteiger partial charge in [-0.1, -0.05) is 0 Å². The Bertz CT molecular complexity index is 742. The molecule has 0 aromatic carbocycles. The van der Waals surface area contributed by atoms with Crippen LogP contribution in [-0.4, -0.2) is 45.6 Å². The molecule has 0 spiro atoms. The number of rotatable bonds is 4. The molecular formula is C15H20F3N5OS.